The van der Waals surface area contributed by atoms with Gasteiger partial charge in [0.25, 0.3) is 11.8 Å². The second-order valence-corrected chi connectivity index (χ2v) is 11.7. The van der Waals surface area contributed by atoms with Gasteiger partial charge in [0.2, 0.25) is 11.8 Å². The van der Waals surface area contributed by atoms with E-state index in [9.17, 15) is 28.4 Å². The molecule has 1 saturated heterocycles. The van der Waals surface area contributed by atoms with Crippen molar-refractivity contribution in [1.82, 2.24) is 10.3 Å². The van der Waals surface area contributed by atoms with E-state index in [1.165, 1.54) is 28.1 Å². The summed E-state index contributed by atoms with van der Waals surface area (Å²) in [5, 5.41) is 12.3. The van der Waals surface area contributed by atoms with E-state index in [1.807, 2.05) is 24.3 Å². The first-order chi connectivity index (χ1) is 20.6. The van der Waals surface area contributed by atoms with Crippen molar-refractivity contribution in [1.29, 1.82) is 5.26 Å². The van der Waals surface area contributed by atoms with E-state index in [0.29, 0.717) is 17.2 Å². The third-order valence-electron chi connectivity index (χ3n) is 8.20. The second kappa shape index (κ2) is 11.4. The number of aromatic nitrogens is 1. The summed E-state index contributed by atoms with van der Waals surface area (Å²) in [6.07, 6.45) is 2.63. The lowest BCUT2D eigenvalue weighted by molar-refractivity contribution is -0.133. The molecule has 3 fully saturated rings. The van der Waals surface area contributed by atoms with Crippen molar-refractivity contribution in [3.63, 3.8) is 0 Å². The molecule has 1 aliphatic heterocycles. The molecule has 1 unspecified atom stereocenters. The molecule has 2 heterocycles. The molecular weight excluding hydrogens is 576 g/mol. The summed E-state index contributed by atoms with van der Waals surface area (Å²) < 4.78 is 27.4. The van der Waals surface area contributed by atoms with E-state index < -0.39 is 48.7 Å². The third-order valence-corrected chi connectivity index (χ3v) is 8.54. The maximum atomic E-state index is 14.7. The Bertz CT molecular complexity index is 1630. The van der Waals surface area contributed by atoms with E-state index in [-0.39, 0.29) is 35.2 Å². The van der Waals surface area contributed by atoms with E-state index in [1.54, 1.807) is 30.3 Å². The molecule has 1 aromatic heterocycles. The third kappa shape index (κ3) is 5.82. The van der Waals surface area contributed by atoms with Gasteiger partial charge in [0.1, 0.15) is 17.9 Å². The van der Waals surface area contributed by atoms with Gasteiger partial charge in [0, 0.05) is 47.8 Å². The average Bonchev–Trinajstić information content (AvgIpc) is 3.76. The Morgan fingerprint density at radius 1 is 1.09 bits per heavy atom. The van der Waals surface area contributed by atoms with E-state index in [0.717, 1.165) is 18.4 Å². The second-order valence-electron chi connectivity index (χ2n) is 11.3. The van der Waals surface area contributed by atoms with Crippen LogP contribution in [0.4, 0.5) is 20.3 Å². The minimum Gasteiger partial charge on any atom is -0.351 e. The highest BCUT2D eigenvalue weighted by Crippen LogP contribution is 2.43. The molecule has 2 saturated carbocycles. The summed E-state index contributed by atoms with van der Waals surface area (Å²) in [5.74, 6) is -3.92. The van der Waals surface area contributed by atoms with Crippen molar-refractivity contribution in [3.05, 3.63) is 88.6 Å². The van der Waals surface area contributed by atoms with Crippen molar-refractivity contribution in [2.24, 2.45) is 0 Å². The van der Waals surface area contributed by atoms with Crippen LogP contribution in [0.15, 0.2) is 66.9 Å². The number of amides is 3. The van der Waals surface area contributed by atoms with Crippen molar-refractivity contribution in [3.8, 4) is 6.07 Å². The van der Waals surface area contributed by atoms with E-state index >= 15 is 0 Å². The molecule has 0 bridgehead atoms. The maximum Gasteiger partial charge on any atom is 0.252 e. The summed E-state index contributed by atoms with van der Waals surface area (Å²) in [5.41, 5.74) is 2.02. The number of pyridine rings is 1. The molecule has 3 aliphatic rings. The minimum absolute atomic E-state index is 0.0605. The van der Waals surface area contributed by atoms with Crippen LogP contribution >= 0.6 is 11.6 Å². The quantitative estimate of drug-likeness (QED) is 0.357. The molecule has 8 nitrogen and oxygen atoms in total. The molecule has 3 aromatic rings. The molecule has 2 aromatic carbocycles. The standard InChI is InChI=1S/C32H28ClF2N5O3/c33-25-7-2-1-6-24(25)29(30(42)38-22-16-32(34,35)17-22)39(23-5-3-4-21(15-23)20-8-9-20)31(43)26-10-11-28(41)40(26)27-14-19(18-36)12-13-37-27/h1-7,12-15,20,22,26,29H,8-11,16-17H2,(H,38,42)/t26-,29?/m0/s1. The number of nitrogens with one attached hydrogen (secondary N) is 1. The average molecular weight is 604 g/mol. The summed E-state index contributed by atoms with van der Waals surface area (Å²) in [4.78, 5) is 48.8. The summed E-state index contributed by atoms with van der Waals surface area (Å²) in [7, 11) is 0. The number of alkyl halides is 2. The highest BCUT2D eigenvalue weighted by Gasteiger charge is 2.48. The highest BCUT2D eigenvalue weighted by atomic mass is 35.5. The zero-order chi connectivity index (χ0) is 30.3. The van der Waals surface area contributed by atoms with Crippen LogP contribution in [0.1, 0.15) is 67.2 Å². The first kappa shape index (κ1) is 28.7. The number of carbonyl (C=O) groups excluding carboxylic acids is 3. The largest absolute Gasteiger partial charge is 0.351 e. The van der Waals surface area contributed by atoms with Crippen molar-refractivity contribution in [2.75, 3.05) is 9.80 Å². The molecule has 2 atom stereocenters. The molecule has 1 N–H and O–H groups in total. The predicted octanol–water partition coefficient (Wildman–Crippen LogP) is 5.67. The summed E-state index contributed by atoms with van der Waals surface area (Å²) in [6, 6.07) is 15.8. The number of hydrogen-bond donors (Lipinski definition) is 1. The van der Waals surface area contributed by atoms with Gasteiger partial charge in [-0.1, -0.05) is 41.9 Å². The van der Waals surface area contributed by atoms with Gasteiger partial charge in [-0.25, -0.2) is 13.8 Å². The zero-order valence-electron chi connectivity index (χ0n) is 23.1. The van der Waals surface area contributed by atoms with Crippen molar-refractivity contribution < 1.29 is 23.2 Å². The Morgan fingerprint density at radius 2 is 1.86 bits per heavy atom. The van der Waals surface area contributed by atoms with Crippen molar-refractivity contribution >= 4 is 40.8 Å². The lowest BCUT2D eigenvalue weighted by atomic mass is 9.87. The maximum absolute atomic E-state index is 14.7. The van der Waals surface area contributed by atoms with Crippen LogP contribution in [-0.4, -0.2) is 40.7 Å². The number of carbonyl (C=O) groups is 3. The smallest absolute Gasteiger partial charge is 0.252 e. The topological polar surface area (TPSA) is 106 Å². The van der Waals surface area contributed by atoms with Gasteiger partial charge < -0.3 is 5.32 Å². The van der Waals surface area contributed by atoms with Crippen LogP contribution in [-0.2, 0) is 14.4 Å². The first-order valence-electron chi connectivity index (χ1n) is 14.2. The molecule has 220 valence electrons. The molecule has 0 spiro atoms. The van der Waals surface area contributed by atoms with Crippen LogP contribution in [0.2, 0.25) is 5.02 Å². The number of nitrogens with zero attached hydrogens (tertiary/aromatic N) is 4. The number of rotatable bonds is 8. The number of nitriles is 1. The number of anilines is 2. The van der Waals surface area contributed by atoms with Gasteiger partial charge in [0.15, 0.2) is 0 Å². The fraction of sp³-hybridized carbons (Fsp3) is 0.344. The van der Waals surface area contributed by atoms with Gasteiger partial charge in [-0.15, -0.1) is 0 Å². The number of benzene rings is 2. The molecule has 11 heteroatoms. The van der Waals surface area contributed by atoms with Gasteiger partial charge in [-0.2, -0.15) is 5.26 Å². The fourth-order valence-electron chi connectivity index (χ4n) is 5.87. The Balaban J connectivity index is 1.45. The van der Waals surface area contributed by atoms with E-state index in [4.69, 9.17) is 11.6 Å². The molecule has 0 radical (unpaired) electrons. The van der Waals surface area contributed by atoms with Crippen LogP contribution in [0.5, 0.6) is 0 Å². The molecule has 43 heavy (non-hydrogen) atoms. The zero-order valence-corrected chi connectivity index (χ0v) is 23.8. The molecule has 6 rings (SSSR count). The minimum atomic E-state index is -2.86. The van der Waals surface area contributed by atoms with Gasteiger partial charge in [-0.3, -0.25) is 24.2 Å². The Labute approximate surface area is 252 Å². The number of hydrogen-bond acceptors (Lipinski definition) is 5. The lowest BCUT2D eigenvalue weighted by Crippen LogP contribution is -2.56. The Kier molecular flexibility index (Phi) is 7.61. The Hall–Kier alpha value is -4.36. The van der Waals surface area contributed by atoms with Crippen LogP contribution in [0.3, 0.4) is 0 Å². The van der Waals surface area contributed by atoms with Crippen molar-refractivity contribution in [2.45, 2.75) is 68.5 Å². The Morgan fingerprint density at radius 3 is 2.56 bits per heavy atom. The molecule has 3 amide bonds. The van der Waals surface area contributed by atoms with Crippen LogP contribution in [0, 0.1) is 11.3 Å². The lowest BCUT2D eigenvalue weighted by Gasteiger charge is -2.39. The molecular formula is C32H28ClF2N5O3. The normalized spacial score (nSPS) is 20.2. The van der Waals surface area contributed by atoms with E-state index in [2.05, 4.69) is 10.3 Å². The van der Waals surface area contributed by atoms with Crippen LogP contribution in [0.25, 0.3) is 0 Å². The summed E-state index contributed by atoms with van der Waals surface area (Å²) in [6.45, 7) is 0. The molecule has 2 aliphatic carbocycles. The summed E-state index contributed by atoms with van der Waals surface area (Å²) >= 11 is 6.62. The van der Waals surface area contributed by atoms with Crippen LogP contribution < -0.4 is 15.1 Å². The monoisotopic (exact) mass is 603 g/mol. The SMILES string of the molecule is N#Cc1ccnc(N2C(=O)CC[C@H]2C(=O)N(c2cccc(C3CC3)c2)C(C(=O)NC2CC(F)(F)C2)c2ccccc2Cl)c1. The predicted molar refractivity (Wildman–Crippen MR) is 156 cm³/mol. The fourth-order valence-corrected chi connectivity index (χ4v) is 6.11. The van der Waals surface area contributed by atoms with Gasteiger partial charge >= 0.3 is 0 Å². The van der Waals surface area contributed by atoms with Gasteiger partial charge in [0.05, 0.1) is 11.6 Å². The number of halogens is 3. The first-order valence-corrected chi connectivity index (χ1v) is 14.6. The van der Waals surface area contributed by atoms with Gasteiger partial charge in [-0.05, 0) is 61.1 Å². The highest BCUT2D eigenvalue weighted by molar-refractivity contribution is 6.31.